The van der Waals surface area contributed by atoms with Gasteiger partial charge in [0, 0.05) is 19.8 Å². The minimum absolute atomic E-state index is 0.0129. The number of ether oxygens (including phenoxy) is 3. The molecule has 0 aliphatic carbocycles. The molecule has 1 amide bonds. The molecule has 3 aromatic rings. The average molecular weight is 580 g/mol. The molecule has 1 saturated heterocycles. The molecule has 15 nitrogen and oxygen atoms in total. The normalized spacial score (nSPS) is 21.9. The first-order valence-corrected chi connectivity index (χ1v) is 13.8. The largest absolute Gasteiger partial charge is 0.509 e. The first kappa shape index (κ1) is 29.5. The Bertz CT molecular complexity index is 1380. The molecule has 3 N–H and O–H groups in total. The second kappa shape index (κ2) is 12.4. The second-order valence-electron chi connectivity index (χ2n) is 9.21. The molecule has 1 aromatic carbocycles. The van der Waals surface area contributed by atoms with Gasteiger partial charge in [-0.25, -0.2) is 19.7 Å². The monoisotopic (exact) mass is 579 g/mol. The van der Waals surface area contributed by atoms with Gasteiger partial charge in [0.15, 0.2) is 23.2 Å². The van der Waals surface area contributed by atoms with Crippen molar-refractivity contribution in [3.8, 4) is 0 Å². The number of aromatic nitrogens is 4. The van der Waals surface area contributed by atoms with Crippen molar-refractivity contribution >= 4 is 36.6 Å². The van der Waals surface area contributed by atoms with E-state index in [0.717, 1.165) is 14.2 Å². The summed E-state index contributed by atoms with van der Waals surface area (Å²) >= 11 is 0. The van der Waals surface area contributed by atoms with Gasteiger partial charge in [-0.05, 0) is 18.1 Å². The smallest absolute Gasteiger partial charge is 0.434 e. The molecule has 2 aromatic heterocycles. The molecule has 0 saturated carbocycles. The topological polar surface area (TPSA) is 193 Å². The van der Waals surface area contributed by atoms with Gasteiger partial charge in [0.2, 0.25) is 5.85 Å². The van der Waals surface area contributed by atoms with Crippen LogP contribution in [0.25, 0.3) is 11.2 Å². The van der Waals surface area contributed by atoms with Gasteiger partial charge in [-0.1, -0.05) is 32.0 Å². The lowest BCUT2D eigenvalue weighted by atomic mass is 10.1. The van der Waals surface area contributed by atoms with Crippen LogP contribution in [0.2, 0.25) is 0 Å². The predicted octanol–water partition coefficient (Wildman–Crippen LogP) is 2.32. The molecule has 4 rings (SSSR count). The third kappa shape index (κ3) is 5.99. The summed E-state index contributed by atoms with van der Waals surface area (Å²) in [5.41, 5.74) is 0.712. The van der Waals surface area contributed by atoms with Crippen LogP contribution in [-0.4, -0.2) is 86.8 Å². The zero-order valence-corrected chi connectivity index (χ0v) is 23.0. The summed E-state index contributed by atoms with van der Waals surface area (Å²) in [6.45, 7) is 3.63. The van der Waals surface area contributed by atoms with E-state index in [-0.39, 0.29) is 29.5 Å². The molecule has 40 heavy (non-hydrogen) atoms. The number of aliphatic hydroxyl groups excluding tert-OH is 2. The number of nitrogens with one attached hydrogen (secondary N) is 1. The maximum absolute atomic E-state index is 13.3. The molecule has 16 heteroatoms. The highest BCUT2D eigenvalue weighted by atomic mass is 31.2. The molecule has 0 unspecified atom stereocenters. The number of fused-ring (bicyclic) bond motifs is 1. The van der Waals surface area contributed by atoms with E-state index in [9.17, 15) is 24.4 Å². The average Bonchev–Trinajstić information content (AvgIpc) is 3.51. The summed E-state index contributed by atoms with van der Waals surface area (Å²) in [5, 5.41) is 24.5. The molecule has 1 aliphatic heterocycles. The zero-order valence-electron chi connectivity index (χ0n) is 22.1. The van der Waals surface area contributed by atoms with Crippen molar-refractivity contribution in [3.63, 3.8) is 0 Å². The number of rotatable bonds is 10. The summed E-state index contributed by atoms with van der Waals surface area (Å²) < 4.78 is 40.7. The maximum Gasteiger partial charge on any atom is 0.509 e. The summed E-state index contributed by atoms with van der Waals surface area (Å²) in [7, 11) is -2.09. The van der Waals surface area contributed by atoms with E-state index >= 15 is 0 Å². The van der Waals surface area contributed by atoms with Crippen molar-refractivity contribution in [2.75, 3.05) is 26.1 Å². The van der Waals surface area contributed by atoms with Crippen LogP contribution in [0.15, 0.2) is 43.0 Å². The lowest BCUT2D eigenvalue weighted by molar-refractivity contribution is -0.0807. The number of carbonyl (C=O) groups is 2. The molecule has 0 radical (unpaired) electrons. The zero-order chi connectivity index (χ0) is 29.0. The number of hydrogen-bond donors (Lipinski definition) is 3. The van der Waals surface area contributed by atoms with E-state index < -0.39 is 50.0 Å². The molecular weight excluding hydrogens is 549 g/mol. The second-order valence-corrected chi connectivity index (χ2v) is 11.5. The first-order chi connectivity index (χ1) is 19.1. The van der Waals surface area contributed by atoms with Crippen LogP contribution >= 0.6 is 7.60 Å². The van der Waals surface area contributed by atoms with E-state index in [4.69, 9.17) is 23.3 Å². The number of anilines is 1. The van der Waals surface area contributed by atoms with Crippen LogP contribution in [0, 0.1) is 5.92 Å². The van der Waals surface area contributed by atoms with Crippen LogP contribution in [-0.2, 0) is 27.8 Å². The fourth-order valence-corrected chi connectivity index (χ4v) is 5.40. The Morgan fingerprint density at radius 2 is 1.80 bits per heavy atom. The van der Waals surface area contributed by atoms with Crippen LogP contribution in [0.4, 0.5) is 10.6 Å². The summed E-state index contributed by atoms with van der Waals surface area (Å²) in [6.07, 6.45) is -5.01. The molecule has 3 heterocycles. The molecule has 0 spiro atoms. The molecule has 216 valence electrons. The van der Waals surface area contributed by atoms with Gasteiger partial charge in [0.05, 0.1) is 12.9 Å². The van der Waals surface area contributed by atoms with Crippen molar-refractivity contribution < 1.29 is 47.6 Å². The quantitative estimate of drug-likeness (QED) is 0.234. The van der Waals surface area contributed by atoms with Gasteiger partial charge in [0.25, 0.3) is 5.91 Å². The number of nitrogens with zero attached hydrogens (tertiary/aromatic N) is 4. The lowest BCUT2D eigenvalue weighted by Gasteiger charge is -2.29. The van der Waals surface area contributed by atoms with E-state index in [1.54, 1.807) is 30.3 Å². The van der Waals surface area contributed by atoms with Gasteiger partial charge in [-0.2, -0.15) is 0 Å². The van der Waals surface area contributed by atoms with Crippen molar-refractivity contribution in [1.82, 2.24) is 19.5 Å². The highest BCUT2D eigenvalue weighted by molar-refractivity contribution is 7.54. The third-order valence-electron chi connectivity index (χ3n) is 6.03. The van der Waals surface area contributed by atoms with Crippen molar-refractivity contribution in [2.24, 2.45) is 5.92 Å². The third-order valence-corrected chi connectivity index (χ3v) is 8.07. The first-order valence-electron chi connectivity index (χ1n) is 12.2. The molecule has 0 bridgehead atoms. The molecule has 5 atom stereocenters. The highest BCUT2D eigenvalue weighted by Crippen LogP contribution is 2.56. The van der Waals surface area contributed by atoms with Gasteiger partial charge in [0.1, 0.15) is 24.6 Å². The van der Waals surface area contributed by atoms with Crippen LogP contribution in [0.5, 0.6) is 0 Å². The van der Waals surface area contributed by atoms with E-state index in [1.807, 2.05) is 13.8 Å². The van der Waals surface area contributed by atoms with E-state index in [2.05, 4.69) is 20.3 Å². The summed E-state index contributed by atoms with van der Waals surface area (Å²) in [5.74, 6) is -2.15. The minimum Gasteiger partial charge on any atom is -0.434 e. The van der Waals surface area contributed by atoms with E-state index in [1.165, 1.54) is 17.2 Å². The van der Waals surface area contributed by atoms with Crippen LogP contribution in [0.3, 0.4) is 0 Å². The number of imidazole rings is 1. The van der Waals surface area contributed by atoms with Crippen LogP contribution in [0.1, 0.15) is 30.4 Å². The molecule has 1 fully saturated rings. The fraction of sp³-hybridized carbons (Fsp3) is 0.458. The van der Waals surface area contributed by atoms with Crippen molar-refractivity contribution in [2.45, 2.75) is 44.2 Å². The number of hydrogen-bond acceptors (Lipinski definition) is 13. The fourth-order valence-electron chi connectivity index (χ4n) is 4.01. The highest BCUT2D eigenvalue weighted by Gasteiger charge is 2.56. The van der Waals surface area contributed by atoms with Gasteiger partial charge < -0.3 is 38.8 Å². The Morgan fingerprint density at radius 3 is 2.45 bits per heavy atom. The Labute approximate surface area is 228 Å². The maximum atomic E-state index is 13.3. The molecular formula is C24H30N5O10P. The minimum atomic E-state index is -4.23. The van der Waals surface area contributed by atoms with Gasteiger partial charge >= 0.3 is 13.8 Å². The van der Waals surface area contributed by atoms with Crippen molar-refractivity contribution in [3.05, 3.63) is 48.5 Å². The number of amides is 1. The van der Waals surface area contributed by atoms with E-state index in [0.29, 0.717) is 5.56 Å². The number of carbonyl (C=O) groups excluding carboxylic acids is 2. The van der Waals surface area contributed by atoms with Crippen molar-refractivity contribution in [1.29, 1.82) is 0 Å². The summed E-state index contributed by atoms with van der Waals surface area (Å²) in [4.78, 5) is 37.5. The Morgan fingerprint density at radius 1 is 1.10 bits per heavy atom. The standard InChI is InChI=1S/C24H30N5O10P/c1-13(2)10-37-24(33)39-23(40(34,35-3)36-4)18-16(30)17(31)22(38-18)29-12-27-15-19(25-11-26-20(15)29)28-21(32)14-8-6-5-7-9-14/h5-9,11-13,16-18,22-23,30-31H,10H2,1-4H3,(H,25,26,28,32)/t16-,17+,18-,22+,23-/m0/s1. The predicted molar refractivity (Wildman–Crippen MR) is 138 cm³/mol. The molecule has 1 aliphatic rings. The van der Waals surface area contributed by atoms with Crippen LogP contribution < -0.4 is 5.32 Å². The Kier molecular flexibility index (Phi) is 9.13. The van der Waals surface area contributed by atoms with Gasteiger partial charge in [-0.3, -0.25) is 13.9 Å². The lowest BCUT2D eigenvalue weighted by Crippen LogP contribution is -2.41. The SMILES string of the molecule is COP(=O)(OC)[C@H](OC(=O)OCC(C)C)[C@H]1O[C@@H](n2cnc3c(NC(=O)c4ccccc4)ncnc32)[C@H](O)[C@@H]1O. The van der Waals surface area contributed by atoms with Gasteiger partial charge in [-0.15, -0.1) is 0 Å². The number of aliphatic hydroxyl groups is 2. The summed E-state index contributed by atoms with van der Waals surface area (Å²) in [6, 6.07) is 8.47. The Hall–Kier alpha value is -3.46. The Balaban J connectivity index is 1.62. The number of benzene rings is 1.